The van der Waals surface area contributed by atoms with Crippen molar-refractivity contribution in [1.29, 1.82) is 0 Å². The highest BCUT2D eigenvalue weighted by Gasteiger charge is 2.18. The van der Waals surface area contributed by atoms with Crippen molar-refractivity contribution in [2.45, 2.75) is 45.4 Å². The molecule has 1 aliphatic rings. The first-order chi connectivity index (χ1) is 11.6. The molecule has 130 valence electrons. The normalized spacial score (nSPS) is 16.3. The number of thiazole rings is 1. The van der Waals surface area contributed by atoms with Crippen LogP contribution in [0.15, 0.2) is 29.6 Å². The Morgan fingerprint density at radius 2 is 2.08 bits per heavy atom. The standard InChI is InChI=1S/C19H27N3OS/c1-14(2)19-21-17(13-24-19)9-20-10-18(23)12-22-8-7-15-5-3-4-6-16(15)11-22/h3-6,13-14,18,20,23H,7-12H2,1-2H3. The van der Waals surface area contributed by atoms with Crippen molar-refractivity contribution in [3.8, 4) is 0 Å². The Hall–Kier alpha value is -1.27. The first kappa shape index (κ1) is 17.5. The quantitative estimate of drug-likeness (QED) is 0.810. The molecule has 1 atom stereocenters. The number of β-amino-alcohol motifs (C(OH)–C–C–N with tert-alkyl or cyclic N) is 1. The molecule has 4 nitrogen and oxygen atoms in total. The van der Waals surface area contributed by atoms with Crippen molar-refractivity contribution in [2.75, 3.05) is 19.6 Å². The lowest BCUT2D eigenvalue weighted by molar-refractivity contribution is 0.104. The van der Waals surface area contributed by atoms with Gasteiger partial charge in [-0.2, -0.15) is 0 Å². The molecule has 2 aromatic rings. The third-order valence-electron chi connectivity index (χ3n) is 4.43. The second kappa shape index (κ2) is 8.21. The smallest absolute Gasteiger partial charge is 0.0954 e. The van der Waals surface area contributed by atoms with Gasteiger partial charge in [0, 0.05) is 44.0 Å². The molecule has 3 rings (SSSR count). The highest BCUT2D eigenvalue weighted by atomic mass is 32.1. The number of benzene rings is 1. The van der Waals surface area contributed by atoms with Gasteiger partial charge < -0.3 is 10.4 Å². The largest absolute Gasteiger partial charge is 0.390 e. The first-order valence-electron chi connectivity index (χ1n) is 8.74. The second-order valence-corrected chi connectivity index (χ2v) is 7.76. The van der Waals surface area contributed by atoms with Crippen molar-refractivity contribution in [2.24, 2.45) is 0 Å². The van der Waals surface area contributed by atoms with Gasteiger partial charge in [0.25, 0.3) is 0 Å². The summed E-state index contributed by atoms with van der Waals surface area (Å²) >= 11 is 1.72. The van der Waals surface area contributed by atoms with Gasteiger partial charge in [0.2, 0.25) is 0 Å². The van der Waals surface area contributed by atoms with Gasteiger partial charge in [-0.15, -0.1) is 11.3 Å². The summed E-state index contributed by atoms with van der Waals surface area (Å²) in [5, 5.41) is 16.9. The van der Waals surface area contributed by atoms with E-state index < -0.39 is 0 Å². The van der Waals surface area contributed by atoms with E-state index in [1.54, 1.807) is 11.3 Å². The summed E-state index contributed by atoms with van der Waals surface area (Å²) in [7, 11) is 0. The molecule has 2 N–H and O–H groups in total. The van der Waals surface area contributed by atoms with Crippen molar-refractivity contribution in [3.63, 3.8) is 0 Å². The van der Waals surface area contributed by atoms with Gasteiger partial charge >= 0.3 is 0 Å². The topological polar surface area (TPSA) is 48.4 Å². The van der Waals surface area contributed by atoms with Crippen molar-refractivity contribution < 1.29 is 5.11 Å². The van der Waals surface area contributed by atoms with Gasteiger partial charge in [-0.25, -0.2) is 4.98 Å². The predicted octanol–water partition coefficient (Wildman–Crippen LogP) is 2.78. The number of aliphatic hydroxyl groups excluding tert-OH is 1. The molecule has 0 bridgehead atoms. The van der Waals surface area contributed by atoms with Crippen LogP contribution < -0.4 is 5.32 Å². The Bertz CT molecular complexity index is 656. The van der Waals surface area contributed by atoms with E-state index in [2.05, 4.69) is 58.7 Å². The minimum absolute atomic E-state index is 0.349. The van der Waals surface area contributed by atoms with Crippen LogP contribution in [-0.4, -0.2) is 40.7 Å². The minimum atomic E-state index is -0.349. The molecule has 24 heavy (non-hydrogen) atoms. The molecule has 0 spiro atoms. The fourth-order valence-corrected chi connectivity index (χ4v) is 3.94. The fraction of sp³-hybridized carbons (Fsp3) is 0.526. The molecule has 1 aromatic carbocycles. The summed E-state index contributed by atoms with van der Waals surface area (Å²) in [5.74, 6) is 0.483. The zero-order valence-corrected chi connectivity index (χ0v) is 15.4. The Labute approximate surface area is 148 Å². The lowest BCUT2D eigenvalue weighted by atomic mass is 10.00. The number of hydrogen-bond acceptors (Lipinski definition) is 5. The predicted molar refractivity (Wildman–Crippen MR) is 99.3 cm³/mol. The zero-order chi connectivity index (χ0) is 16.9. The number of fused-ring (bicyclic) bond motifs is 1. The molecule has 0 amide bonds. The van der Waals surface area contributed by atoms with Gasteiger partial charge in [0.1, 0.15) is 0 Å². The first-order valence-corrected chi connectivity index (χ1v) is 9.62. The third kappa shape index (κ3) is 4.63. The summed E-state index contributed by atoms with van der Waals surface area (Å²) in [6.45, 7) is 8.34. The van der Waals surface area contributed by atoms with Crippen LogP contribution in [-0.2, 0) is 19.5 Å². The number of nitrogens with zero attached hydrogens (tertiary/aromatic N) is 2. The van der Waals surface area contributed by atoms with Crippen LogP contribution in [0.4, 0.5) is 0 Å². The number of rotatable bonds is 7. The average Bonchev–Trinajstić information content (AvgIpc) is 3.04. The molecular formula is C19H27N3OS. The van der Waals surface area contributed by atoms with Gasteiger partial charge in [-0.05, 0) is 17.5 Å². The highest BCUT2D eigenvalue weighted by Crippen LogP contribution is 2.19. The maximum Gasteiger partial charge on any atom is 0.0954 e. The molecule has 0 fully saturated rings. The molecule has 5 heteroatoms. The number of aliphatic hydroxyl groups is 1. The van der Waals surface area contributed by atoms with E-state index in [-0.39, 0.29) is 6.10 Å². The number of hydrogen-bond donors (Lipinski definition) is 2. The van der Waals surface area contributed by atoms with Gasteiger partial charge in [-0.3, -0.25) is 4.90 Å². The lowest BCUT2D eigenvalue weighted by Gasteiger charge is -2.30. The van der Waals surface area contributed by atoms with Gasteiger partial charge in [0.15, 0.2) is 0 Å². The summed E-state index contributed by atoms with van der Waals surface area (Å²) in [6, 6.07) is 8.61. The maximum atomic E-state index is 10.3. The minimum Gasteiger partial charge on any atom is -0.390 e. The summed E-state index contributed by atoms with van der Waals surface area (Å²) in [4.78, 5) is 6.95. The van der Waals surface area contributed by atoms with E-state index in [1.807, 2.05) is 0 Å². The van der Waals surface area contributed by atoms with E-state index in [0.717, 1.165) is 38.3 Å². The van der Waals surface area contributed by atoms with Gasteiger partial charge in [-0.1, -0.05) is 38.1 Å². The van der Waals surface area contributed by atoms with E-state index in [9.17, 15) is 5.11 Å². The van der Waals surface area contributed by atoms with Crippen molar-refractivity contribution in [3.05, 3.63) is 51.5 Å². The second-order valence-electron chi connectivity index (χ2n) is 6.87. The van der Waals surface area contributed by atoms with Crippen LogP contribution in [0.1, 0.15) is 41.6 Å². The molecule has 1 unspecified atom stereocenters. The van der Waals surface area contributed by atoms with Gasteiger partial charge in [0.05, 0.1) is 16.8 Å². The van der Waals surface area contributed by atoms with E-state index in [0.29, 0.717) is 12.5 Å². The van der Waals surface area contributed by atoms with Crippen LogP contribution in [0, 0.1) is 0 Å². The molecule has 1 aliphatic heterocycles. The van der Waals surface area contributed by atoms with Crippen LogP contribution in [0.3, 0.4) is 0 Å². The molecule has 0 radical (unpaired) electrons. The molecule has 2 heterocycles. The van der Waals surface area contributed by atoms with Crippen LogP contribution >= 0.6 is 11.3 Å². The number of nitrogens with one attached hydrogen (secondary N) is 1. The van der Waals surface area contributed by atoms with E-state index in [1.165, 1.54) is 16.1 Å². The molecule has 0 saturated heterocycles. The third-order valence-corrected chi connectivity index (χ3v) is 5.62. The van der Waals surface area contributed by atoms with Crippen LogP contribution in [0.5, 0.6) is 0 Å². The summed E-state index contributed by atoms with van der Waals surface area (Å²) in [5.41, 5.74) is 3.92. The Balaban J connectivity index is 1.40. The van der Waals surface area contributed by atoms with Crippen LogP contribution in [0.2, 0.25) is 0 Å². The lowest BCUT2D eigenvalue weighted by Crippen LogP contribution is -2.40. The molecule has 0 aliphatic carbocycles. The van der Waals surface area contributed by atoms with E-state index in [4.69, 9.17) is 0 Å². The van der Waals surface area contributed by atoms with E-state index >= 15 is 0 Å². The maximum absolute atomic E-state index is 10.3. The Morgan fingerprint density at radius 1 is 1.29 bits per heavy atom. The monoisotopic (exact) mass is 345 g/mol. The van der Waals surface area contributed by atoms with Crippen molar-refractivity contribution in [1.82, 2.24) is 15.2 Å². The van der Waals surface area contributed by atoms with Crippen molar-refractivity contribution >= 4 is 11.3 Å². The molecule has 0 saturated carbocycles. The SMILES string of the molecule is CC(C)c1nc(CNCC(O)CN2CCc3ccccc3C2)cs1. The fourth-order valence-electron chi connectivity index (χ4n) is 3.11. The molecule has 1 aromatic heterocycles. The summed E-state index contributed by atoms with van der Waals surface area (Å²) < 4.78 is 0. The zero-order valence-electron chi connectivity index (χ0n) is 14.5. The molecular weight excluding hydrogens is 318 g/mol. The summed E-state index contributed by atoms with van der Waals surface area (Å²) in [6.07, 6.45) is 0.728. The Kier molecular flexibility index (Phi) is 6.00. The average molecular weight is 346 g/mol. The van der Waals surface area contributed by atoms with Crippen LogP contribution in [0.25, 0.3) is 0 Å². The number of aromatic nitrogens is 1. The highest BCUT2D eigenvalue weighted by molar-refractivity contribution is 7.09. The Morgan fingerprint density at radius 3 is 2.83 bits per heavy atom.